The van der Waals surface area contributed by atoms with Gasteiger partial charge in [0.1, 0.15) is 18.2 Å². The molecule has 0 unspecified atom stereocenters. The van der Waals surface area contributed by atoms with Gasteiger partial charge in [-0.3, -0.25) is 9.36 Å². The van der Waals surface area contributed by atoms with Crippen LogP contribution in [0.5, 0.6) is 5.75 Å². The van der Waals surface area contributed by atoms with Gasteiger partial charge < -0.3 is 10.1 Å². The zero-order valence-corrected chi connectivity index (χ0v) is 17.7. The van der Waals surface area contributed by atoms with Gasteiger partial charge in [0.25, 0.3) is 0 Å². The maximum absolute atomic E-state index is 13.0. The number of hydrogen-bond donors (Lipinski definition) is 1. The van der Waals surface area contributed by atoms with Crippen LogP contribution in [0.25, 0.3) is 0 Å². The lowest BCUT2D eigenvalue weighted by atomic mass is 10.1. The molecule has 6 nitrogen and oxygen atoms in total. The fourth-order valence-electron chi connectivity index (χ4n) is 2.79. The molecule has 1 amide bonds. The van der Waals surface area contributed by atoms with E-state index < -0.39 is 0 Å². The zero-order valence-electron chi connectivity index (χ0n) is 16.9. The van der Waals surface area contributed by atoms with Gasteiger partial charge in [-0.2, -0.15) is 0 Å². The number of ether oxygens (including phenoxy) is 1. The van der Waals surface area contributed by atoms with Crippen LogP contribution in [-0.2, 0) is 17.9 Å². The molecule has 156 valence electrons. The standard InChI is InChI=1S/C22H23FN4O2S/c1-4-11-27-20(13-29-18-8-6-17(23)7-9-18)25-26-22(27)30-14-21(28)24-19-10-5-15(2)12-16(19)3/h4-10,12H,1,11,13-14H2,2-3H3,(H,24,28). The second-order valence-corrected chi connectivity index (χ2v) is 7.64. The molecule has 0 bridgehead atoms. The number of aryl methyl sites for hydroxylation is 2. The lowest BCUT2D eigenvalue weighted by Gasteiger charge is -2.10. The van der Waals surface area contributed by atoms with E-state index in [9.17, 15) is 9.18 Å². The minimum atomic E-state index is -0.324. The number of nitrogens with one attached hydrogen (secondary N) is 1. The third-order valence-corrected chi connectivity index (χ3v) is 5.24. The molecule has 8 heteroatoms. The van der Waals surface area contributed by atoms with Crippen molar-refractivity contribution in [2.75, 3.05) is 11.1 Å². The number of anilines is 1. The third-order valence-electron chi connectivity index (χ3n) is 4.28. The Labute approximate surface area is 179 Å². The van der Waals surface area contributed by atoms with Crippen molar-refractivity contribution < 1.29 is 13.9 Å². The second kappa shape index (κ2) is 10.1. The molecule has 0 atom stereocenters. The van der Waals surface area contributed by atoms with Crippen LogP contribution in [0.3, 0.4) is 0 Å². The molecule has 1 aromatic heterocycles. The summed E-state index contributed by atoms with van der Waals surface area (Å²) in [5.41, 5.74) is 2.96. The van der Waals surface area contributed by atoms with E-state index in [2.05, 4.69) is 22.1 Å². The minimum absolute atomic E-state index is 0.121. The summed E-state index contributed by atoms with van der Waals surface area (Å²) in [6.07, 6.45) is 1.73. The molecule has 1 heterocycles. The third kappa shape index (κ3) is 5.70. The monoisotopic (exact) mass is 426 g/mol. The molecule has 0 aliphatic heterocycles. The van der Waals surface area contributed by atoms with Gasteiger partial charge >= 0.3 is 0 Å². The summed E-state index contributed by atoms with van der Waals surface area (Å²) >= 11 is 1.29. The molecule has 0 radical (unpaired) electrons. The zero-order chi connectivity index (χ0) is 21.5. The summed E-state index contributed by atoms with van der Waals surface area (Å²) < 4.78 is 20.5. The second-order valence-electron chi connectivity index (χ2n) is 6.70. The number of halogens is 1. The van der Waals surface area contributed by atoms with Crippen molar-refractivity contribution in [3.63, 3.8) is 0 Å². The van der Waals surface area contributed by atoms with Gasteiger partial charge in [-0.15, -0.1) is 16.8 Å². The van der Waals surface area contributed by atoms with E-state index in [1.807, 2.05) is 36.6 Å². The van der Waals surface area contributed by atoms with Crippen LogP contribution in [0.1, 0.15) is 17.0 Å². The Morgan fingerprint density at radius 1 is 1.23 bits per heavy atom. The predicted molar refractivity (Wildman–Crippen MR) is 116 cm³/mol. The molecular formula is C22H23FN4O2S. The smallest absolute Gasteiger partial charge is 0.234 e. The van der Waals surface area contributed by atoms with E-state index in [1.165, 1.54) is 23.9 Å². The molecule has 0 aliphatic rings. The molecule has 2 aromatic carbocycles. The van der Waals surface area contributed by atoms with Crippen LogP contribution in [-0.4, -0.2) is 26.4 Å². The van der Waals surface area contributed by atoms with Gasteiger partial charge in [-0.25, -0.2) is 4.39 Å². The quantitative estimate of drug-likeness (QED) is 0.402. The van der Waals surface area contributed by atoms with Gasteiger partial charge in [0, 0.05) is 12.2 Å². The fourth-order valence-corrected chi connectivity index (χ4v) is 3.56. The lowest BCUT2D eigenvalue weighted by molar-refractivity contribution is -0.113. The number of benzene rings is 2. The molecule has 0 saturated carbocycles. The van der Waals surface area contributed by atoms with Crippen molar-refractivity contribution in [2.24, 2.45) is 0 Å². The van der Waals surface area contributed by atoms with Crippen molar-refractivity contribution in [1.82, 2.24) is 14.8 Å². The molecule has 0 aliphatic carbocycles. The van der Waals surface area contributed by atoms with Gasteiger partial charge in [-0.05, 0) is 49.7 Å². The molecule has 30 heavy (non-hydrogen) atoms. The van der Waals surface area contributed by atoms with Crippen LogP contribution in [0.15, 0.2) is 60.3 Å². The topological polar surface area (TPSA) is 69.0 Å². The number of hydrogen-bond acceptors (Lipinski definition) is 5. The molecule has 3 aromatic rings. The van der Waals surface area contributed by atoms with E-state index in [0.29, 0.717) is 23.3 Å². The SMILES string of the molecule is C=CCn1c(COc2ccc(F)cc2)nnc1SCC(=O)Nc1ccc(C)cc1C. The first-order valence-corrected chi connectivity index (χ1v) is 10.4. The van der Waals surface area contributed by atoms with Gasteiger partial charge in [0.2, 0.25) is 5.91 Å². The maximum atomic E-state index is 13.0. The highest BCUT2D eigenvalue weighted by atomic mass is 32.2. The number of thioether (sulfide) groups is 1. The van der Waals surface area contributed by atoms with E-state index in [0.717, 1.165) is 16.8 Å². The highest BCUT2D eigenvalue weighted by Crippen LogP contribution is 2.21. The van der Waals surface area contributed by atoms with Crippen LogP contribution in [0, 0.1) is 19.7 Å². The first-order valence-electron chi connectivity index (χ1n) is 9.37. The number of amides is 1. The normalized spacial score (nSPS) is 10.6. The summed E-state index contributed by atoms with van der Waals surface area (Å²) in [6.45, 7) is 8.39. The Morgan fingerprint density at radius 2 is 2.00 bits per heavy atom. The van der Waals surface area contributed by atoms with E-state index >= 15 is 0 Å². The summed E-state index contributed by atoms with van der Waals surface area (Å²) in [4.78, 5) is 12.4. The Hall–Kier alpha value is -3.13. The first-order chi connectivity index (χ1) is 14.5. The molecule has 0 saturated heterocycles. The van der Waals surface area contributed by atoms with Crippen molar-refractivity contribution >= 4 is 23.4 Å². The summed E-state index contributed by atoms with van der Waals surface area (Å²) in [7, 11) is 0. The Bertz CT molecular complexity index is 1030. The highest BCUT2D eigenvalue weighted by Gasteiger charge is 2.14. The predicted octanol–water partition coefficient (Wildman–Crippen LogP) is 4.53. The van der Waals surface area contributed by atoms with Gasteiger partial charge in [-0.1, -0.05) is 35.5 Å². The van der Waals surface area contributed by atoms with Gasteiger partial charge in [0.15, 0.2) is 11.0 Å². The first kappa shape index (κ1) is 21.6. The van der Waals surface area contributed by atoms with Crippen LogP contribution < -0.4 is 10.1 Å². The minimum Gasteiger partial charge on any atom is -0.486 e. The van der Waals surface area contributed by atoms with Crippen molar-refractivity contribution in [3.05, 3.63) is 77.9 Å². The molecule has 0 fully saturated rings. The number of carbonyl (C=O) groups is 1. The van der Waals surface area contributed by atoms with Crippen molar-refractivity contribution in [2.45, 2.75) is 32.2 Å². The van der Waals surface area contributed by atoms with Crippen LogP contribution in [0.2, 0.25) is 0 Å². The summed E-state index contributed by atoms with van der Waals surface area (Å²) in [6, 6.07) is 11.7. The number of allylic oxidation sites excluding steroid dienone is 1. The lowest BCUT2D eigenvalue weighted by Crippen LogP contribution is -2.15. The fraction of sp³-hybridized carbons (Fsp3) is 0.227. The number of rotatable bonds is 9. The van der Waals surface area contributed by atoms with Crippen LogP contribution >= 0.6 is 11.8 Å². The molecule has 1 N–H and O–H groups in total. The van der Waals surface area contributed by atoms with E-state index in [4.69, 9.17) is 4.74 Å². The highest BCUT2D eigenvalue weighted by molar-refractivity contribution is 7.99. The summed E-state index contributed by atoms with van der Waals surface area (Å²) in [5.74, 6) is 0.879. The van der Waals surface area contributed by atoms with E-state index in [1.54, 1.807) is 18.2 Å². The largest absolute Gasteiger partial charge is 0.486 e. The Morgan fingerprint density at radius 3 is 2.70 bits per heavy atom. The average Bonchev–Trinajstić information content (AvgIpc) is 3.10. The Balaban J connectivity index is 1.61. The number of nitrogens with zero attached hydrogens (tertiary/aromatic N) is 3. The number of carbonyl (C=O) groups excluding carboxylic acids is 1. The van der Waals surface area contributed by atoms with Crippen molar-refractivity contribution in [1.29, 1.82) is 0 Å². The molecular weight excluding hydrogens is 403 g/mol. The average molecular weight is 427 g/mol. The Kier molecular flexibility index (Phi) is 7.24. The van der Waals surface area contributed by atoms with E-state index in [-0.39, 0.29) is 24.1 Å². The van der Waals surface area contributed by atoms with Gasteiger partial charge in [0.05, 0.1) is 5.75 Å². The maximum Gasteiger partial charge on any atom is 0.234 e. The number of aromatic nitrogens is 3. The van der Waals surface area contributed by atoms with Crippen molar-refractivity contribution in [3.8, 4) is 5.75 Å². The van der Waals surface area contributed by atoms with Crippen LogP contribution in [0.4, 0.5) is 10.1 Å². The molecule has 0 spiro atoms. The molecule has 3 rings (SSSR count). The summed E-state index contributed by atoms with van der Waals surface area (Å²) in [5, 5.41) is 11.9.